The molecule has 1 aliphatic heterocycles. The van der Waals surface area contributed by atoms with Crippen LogP contribution in [0.1, 0.15) is 23.4 Å². The number of fused-ring (bicyclic) bond motifs is 1. The van der Waals surface area contributed by atoms with Crippen molar-refractivity contribution in [2.75, 3.05) is 0 Å². The van der Waals surface area contributed by atoms with Crippen LogP contribution in [0.5, 0.6) is 0 Å². The van der Waals surface area contributed by atoms with Gasteiger partial charge >= 0.3 is 5.97 Å². The van der Waals surface area contributed by atoms with E-state index < -0.39 is 12.0 Å². The standard InChI is InChI=1S/C9H10ClNO2S/c1-4-2-6-5(3-7(10)14-6)8(11-4)9(12)13/h3-4,8,11H,2H2,1H3,(H,12,13). The molecule has 0 spiro atoms. The van der Waals surface area contributed by atoms with E-state index in [-0.39, 0.29) is 6.04 Å². The second kappa shape index (κ2) is 3.53. The Kier molecular flexibility index (Phi) is 2.51. The van der Waals surface area contributed by atoms with Crippen LogP contribution in [0.2, 0.25) is 4.34 Å². The zero-order chi connectivity index (χ0) is 10.3. The second-order valence-corrected chi connectivity index (χ2v) is 5.24. The fraction of sp³-hybridized carbons (Fsp3) is 0.444. The summed E-state index contributed by atoms with van der Waals surface area (Å²) in [5, 5.41) is 12.0. The van der Waals surface area contributed by atoms with Crippen LogP contribution in [0, 0.1) is 0 Å². The minimum Gasteiger partial charge on any atom is -0.480 e. The molecule has 0 aromatic carbocycles. The molecule has 76 valence electrons. The third-order valence-corrected chi connectivity index (χ3v) is 3.61. The summed E-state index contributed by atoms with van der Waals surface area (Å²) in [5.41, 5.74) is 0.825. The third-order valence-electron chi connectivity index (χ3n) is 2.31. The van der Waals surface area contributed by atoms with Crippen LogP contribution < -0.4 is 5.32 Å². The zero-order valence-electron chi connectivity index (χ0n) is 7.58. The Hall–Kier alpha value is -0.580. The minimum absolute atomic E-state index is 0.193. The maximum atomic E-state index is 11.0. The Morgan fingerprint density at radius 2 is 2.50 bits per heavy atom. The Morgan fingerprint density at radius 3 is 3.14 bits per heavy atom. The van der Waals surface area contributed by atoms with Gasteiger partial charge in [0.15, 0.2) is 0 Å². The molecule has 0 saturated carbocycles. The molecule has 14 heavy (non-hydrogen) atoms. The molecule has 1 aromatic rings. The van der Waals surface area contributed by atoms with Crippen LogP contribution in [0.15, 0.2) is 6.07 Å². The number of carboxylic acids is 1. The monoisotopic (exact) mass is 231 g/mol. The first kappa shape index (κ1) is 9.96. The molecule has 0 saturated heterocycles. The molecule has 2 heterocycles. The van der Waals surface area contributed by atoms with E-state index in [4.69, 9.17) is 16.7 Å². The van der Waals surface area contributed by atoms with Gasteiger partial charge in [-0.3, -0.25) is 10.1 Å². The largest absolute Gasteiger partial charge is 0.480 e. The lowest BCUT2D eigenvalue weighted by atomic mass is 9.98. The van der Waals surface area contributed by atoms with Crippen LogP contribution >= 0.6 is 22.9 Å². The zero-order valence-corrected chi connectivity index (χ0v) is 9.15. The van der Waals surface area contributed by atoms with Gasteiger partial charge in [0.25, 0.3) is 0 Å². The number of hydrogen-bond acceptors (Lipinski definition) is 3. The summed E-state index contributed by atoms with van der Waals surface area (Å²) < 4.78 is 0.664. The topological polar surface area (TPSA) is 49.3 Å². The molecule has 2 atom stereocenters. The molecule has 0 aliphatic carbocycles. The molecule has 0 radical (unpaired) electrons. The number of rotatable bonds is 1. The Balaban J connectivity index is 2.42. The van der Waals surface area contributed by atoms with Crippen molar-refractivity contribution >= 4 is 28.9 Å². The van der Waals surface area contributed by atoms with Gasteiger partial charge in [0, 0.05) is 10.9 Å². The molecule has 0 fully saturated rings. The fourth-order valence-electron chi connectivity index (χ4n) is 1.73. The van der Waals surface area contributed by atoms with Gasteiger partial charge in [-0.1, -0.05) is 11.6 Å². The van der Waals surface area contributed by atoms with E-state index in [1.807, 2.05) is 6.92 Å². The van der Waals surface area contributed by atoms with Crippen LogP contribution in [-0.2, 0) is 11.2 Å². The number of carbonyl (C=O) groups is 1. The molecule has 0 bridgehead atoms. The molecule has 2 rings (SSSR count). The van der Waals surface area contributed by atoms with Gasteiger partial charge in [-0.2, -0.15) is 0 Å². The van der Waals surface area contributed by atoms with Crippen LogP contribution in [0.25, 0.3) is 0 Å². The van der Waals surface area contributed by atoms with E-state index in [1.54, 1.807) is 6.07 Å². The molecule has 0 amide bonds. The Bertz CT molecular complexity index is 377. The maximum absolute atomic E-state index is 11.0. The number of halogens is 1. The predicted molar refractivity (Wildman–Crippen MR) is 56.0 cm³/mol. The fourth-order valence-corrected chi connectivity index (χ4v) is 3.17. The molecule has 5 heteroatoms. The minimum atomic E-state index is -0.840. The highest BCUT2D eigenvalue weighted by atomic mass is 35.5. The van der Waals surface area contributed by atoms with E-state index in [0.29, 0.717) is 4.34 Å². The summed E-state index contributed by atoms with van der Waals surface area (Å²) in [4.78, 5) is 12.1. The third kappa shape index (κ3) is 1.65. The summed E-state index contributed by atoms with van der Waals surface area (Å²) in [5.74, 6) is -0.840. The van der Waals surface area contributed by atoms with Crippen molar-refractivity contribution < 1.29 is 9.90 Å². The van der Waals surface area contributed by atoms with Crippen molar-refractivity contribution in [2.45, 2.75) is 25.4 Å². The summed E-state index contributed by atoms with van der Waals surface area (Å²) in [6.45, 7) is 1.98. The molecular formula is C9H10ClNO2S. The Labute approximate surface area is 90.7 Å². The Morgan fingerprint density at radius 1 is 1.79 bits per heavy atom. The van der Waals surface area contributed by atoms with Crippen molar-refractivity contribution in [1.82, 2.24) is 5.32 Å². The van der Waals surface area contributed by atoms with Gasteiger partial charge < -0.3 is 5.11 Å². The first-order chi connectivity index (χ1) is 6.58. The summed E-state index contributed by atoms with van der Waals surface area (Å²) in [6.07, 6.45) is 0.858. The number of thiophene rings is 1. The predicted octanol–water partition coefficient (Wildman–Crippen LogP) is 2.06. The van der Waals surface area contributed by atoms with Crippen molar-refractivity contribution in [3.8, 4) is 0 Å². The lowest BCUT2D eigenvalue weighted by Crippen LogP contribution is -2.40. The SMILES string of the molecule is CC1Cc2sc(Cl)cc2C(C(=O)O)N1. The van der Waals surface area contributed by atoms with E-state index in [9.17, 15) is 4.79 Å². The average molecular weight is 232 g/mol. The van der Waals surface area contributed by atoms with E-state index >= 15 is 0 Å². The molecule has 2 unspecified atom stereocenters. The van der Waals surface area contributed by atoms with Gasteiger partial charge in [-0.25, -0.2) is 0 Å². The van der Waals surface area contributed by atoms with E-state index in [2.05, 4.69) is 5.32 Å². The smallest absolute Gasteiger partial charge is 0.325 e. The maximum Gasteiger partial charge on any atom is 0.325 e. The molecule has 3 nitrogen and oxygen atoms in total. The van der Waals surface area contributed by atoms with Crippen molar-refractivity contribution in [3.63, 3.8) is 0 Å². The highest BCUT2D eigenvalue weighted by Crippen LogP contribution is 2.35. The van der Waals surface area contributed by atoms with Gasteiger partial charge in [0.2, 0.25) is 0 Å². The van der Waals surface area contributed by atoms with Gasteiger partial charge in [-0.15, -0.1) is 11.3 Å². The lowest BCUT2D eigenvalue weighted by molar-refractivity contribution is -0.140. The first-order valence-electron chi connectivity index (χ1n) is 4.35. The second-order valence-electron chi connectivity index (χ2n) is 3.47. The average Bonchev–Trinajstić information content (AvgIpc) is 2.42. The molecule has 1 aromatic heterocycles. The number of aliphatic carboxylic acids is 1. The lowest BCUT2D eigenvalue weighted by Gasteiger charge is -2.25. The number of hydrogen-bond donors (Lipinski definition) is 2. The van der Waals surface area contributed by atoms with Crippen LogP contribution in [-0.4, -0.2) is 17.1 Å². The number of carboxylic acid groups (broad SMARTS) is 1. The van der Waals surface area contributed by atoms with E-state index in [0.717, 1.165) is 16.9 Å². The van der Waals surface area contributed by atoms with Crippen molar-refractivity contribution in [3.05, 3.63) is 20.8 Å². The molecule has 1 aliphatic rings. The summed E-state index contributed by atoms with van der Waals surface area (Å²) in [6, 6.07) is 1.34. The van der Waals surface area contributed by atoms with Gasteiger partial charge in [0.05, 0.1) is 4.34 Å². The van der Waals surface area contributed by atoms with Crippen molar-refractivity contribution in [2.24, 2.45) is 0 Å². The highest BCUT2D eigenvalue weighted by molar-refractivity contribution is 7.16. The summed E-state index contributed by atoms with van der Waals surface area (Å²) in [7, 11) is 0. The highest BCUT2D eigenvalue weighted by Gasteiger charge is 2.30. The quantitative estimate of drug-likeness (QED) is 0.778. The first-order valence-corrected chi connectivity index (χ1v) is 5.54. The normalized spacial score (nSPS) is 25.9. The molecule has 2 N–H and O–H groups in total. The van der Waals surface area contributed by atoms with Gasteiger partial charge in [-0.05, 0) is 25.0 Å². The van der Waals surface area contributed by atoms with Gasteiger partial charge in [0.1, 0.15) is 6.04 Å². The summed E-state index contributed by atoms with van der Waals surface area (Å²) >= 11 is 7.34. The van der Waals surface area contributed by atoms with Crippen molar-refractivity contribution in [1.29, 1.82) is 0 Å². The number of nitrogens with one attached hydrogen (secondary N) is 1. The van der Waals surface area contributed by atoms with E-state index in [1.165, 1.54) is 11.3 Å². The van der Waals surface area contributed by atoms with Crippen LogP contribution in [0.4, 0.5) is 0 Å². The van der Waals surface area contributed by atoms with Crippen LogP contribution in [0.3, 0.4) is 0 Å². The molecular weight excluding hydrogens is 222 g/mol.